The highest BCUT2D eigenvalue weighted by Gasteiger charge is 2.40. The predicted molar refractivity (Wildman–Crippen MR) is 89.3 cm³/mol. The van der Waals surface area contributed by atoms with Crippen molar-refractivity contribution in [1.29, 1.82) is 0 Å². The number of rotatable bonds is 3. The van der Waals surface area contributed by atoms with Gasteiger partial charge in [-0.05, 0) is 38.9 Å². The van der Waals surface area contributed by atoms with E-state index in [-0.39, 0.29) is 5.41 Å². The van der Waals surface area contributed by atoms with Crippen LogP contribution in [0.2, 0.25) is 0 Å². The Kier molecular flexibility index (Phi) is 8.31. The summed E-state index contributed by atoms with van der Waals surface area (Å²) in [5.74, 6) is -2.76. The zero-order valence-corrected chi connectivity index (χ0v) is 15.9. The van der Waals surface area contributed by atoms with Gasteiger partial charge in [-0.25, -0.2) is 13.2 Å². The molecule has 1 spiro atoms. The average molecular weight is 404 g/mol. The number of alkyl halides is 3. The summed E-state index contributed by atoms with van der Waals surface area (Å²) >= 11 is 0. The first kappa shape index (κ1) is 23.1. The van der Waals surface area contributed by atoms with Crippen LogP contribution in [-0.4, -0.2) is 87.1 Å². The first-order chi connectivity index (χ1) is 11.9. The third kappa shape index (κ3) is 7.37. The number of carboxylic acids is 1. The lowest BCUT2D eigenvalue weighted by molar-refractivity contribution is -0.192. The minimum Gasteiger partial charge on any atom is -0.475 e. The van der Waals surface area contributed by atoms with Crippen molar-refractivity contribution >= 4 is 16.0 Å². The van der Waals surface area contributed by atoms with Crippen LogP contribution >= 0.6 is 0 Å². The summed E-state index contributed by atoms with van der Waals surface area (Å²) < 4.78 is 62.6. The Balaban J connectivity index is 0.000000412. The van der Waals surface area contributed by atoms with E-state index in [0.717, 1.165) is 32.5 Å². The zero-order valence-electron chi connectivity index (χ0n) is 15.1. The maximum Gasteiger partial charge on any atom is 0.490 e. The van der Waals surface area contributed by atoms with Crippen molar-refractivity contribution in [3.8, 4) is 0 Å². The van der Waals surface area contributed by atoms with Crippen LogP contribution in [0.3, 0.4) is 0 Å². The van der Waals surface area contributed by atoms with Crippen molar-refractivity contribution in [3.63, 3.8) is 0 Å². The molecular weight excluding hydrogens is 377 g/mol. The second-order valence-electron chi connectivity index (χ2n) is 6.79. The van der Waals surface area contributed by atoms with Crippen LogP contribution in [0, 0.1) is 5.41 Å². The average Bonchev–Trinajstić information content (AvgIpc) is 2.72. The van der Waals surface area contributed by atoms with Crippen molar-refractivity contribution < 1.29 is 36.2 Å². The molecule has 2 rings (SSSR count). The lowest BCUT2D eigenvalue weighted by Gasteiger charge is -2.42. The normalized spacial score (nSPS) is 22.3. The highest BCUT2D eigenvalue weighted by molar-refractivity contribution is 7.88. The lowest BCUT2D eigenvalue weighted by atomic mass is 9.79. The van der Waals surface area contributed by atoms with Gasteiger partial charge in [0.2, 0.25) is 10.0 Å². The van der Waals surface area contributed by atoms with E-state index in [1.54, 1.807) is 4.31 Å². The summed E-state index contributed by atoms with van der Waals surface area (Å²) in [6, 6.07) is 0. The fourth-order valence-electron chi connectivity index (χ4n) is 3.11. The van der Waals surface area contributed by atoms with Crippen molar-refractivity contribution in [1.82, 2.24) is 9.21 Å². The Morgan fingerprint density at radius 1 is 1.23 bits per heavy atom. The SMILES string of the molecule is CCCN1CCC2(CC1)COCCN(S(C)(=O)=O)C2.O=C(O)C(F)(F)F. The van der Waals surface area contributed by atoms with Gasteiger partial charge in [0.05, 0.1) is 19.5 Å². The molecule has 11 heteroatoms. The van der Waals surface area contributed by atoms with Crippen LogP contribution in [0.4, 0.5) is 13.2 Å². The molecular formula is C15H27F3N2O5S. The molecule has 26 heavy (non-hydrogen) atoms. The number of likely N-dealkylation sites (tertiary alicyclic amines) is 1. The van der Waals surface area contributed by atoms with Gasteiger partial charge in [0.25, 0.3) is 0 Å². The minimum absolute atomic E-state index is 0.0316. The first-order valence-electron chi connectivity index (χ1n) is 8.45. The molecule has 0 saturated carbocycles. The van der Waals surface area contributed by atoms with Gasteiger partial charge in [0, 0.05) is 18.5 Å². The Morgan fingerprint density at radius 2 is 1.77 bits per heavy atom. The predicted octanol–water partition coefficient (Wildman–Crippen LogP) is 1.40. The van der Waals surface area contributed by atoms with E-state index in [1.165, 1.54) is 12.7 Å². The molecule has 0 radical (unpaired) electrons. The van der Waals surface area contributed by atoms with Gasteiger partial charge in [-0.3, -0.25) is 0 Å². The molecule has 0 amide bonds. The van der Waals surface area contributed by atoms with Crippen LogP contribution in [0.25, 0.3) is 0 Å². The zero-order chi connectivity index (χ0) is 20.0. The van der Waals surface area contributed by atoms with Crippen LogP contribution in [-0.2, 0) is 19.6 Å². The molecule has 7 nitrogen and oxygen atoms in total. The number of piperidine rings is 1. The number of sulfonamides is 1. The van der Waals surface area contributed by atoms with Gasteiger partial charge in [-0.15, -0.1) is 0 Å². The second-order valence-corrected chi connectivity index (χ2v) is 8.78. The number of nitrogens with zero attached hydrogens (tertiary/aromatic N) is 2. The standard InChI is InChI=1S/C13H26N2O3S.C2HF3O2/c1-3-6-14-7-4-13(5-8-14)11-15(19(2,16)17)9-10-18-12-13;3-2(4,5)1(6)7/h3-12H2,1-2H3;(H,6,7). The third-order valence-electron chi connectivity index (χ3n) is 4.57. The third-order valence-corrected chi connectivity index (χ3v) is 5.82. The molecule has 0 aromatic rings. The molecule has 1 N–H and O–H groups in total. The Labute approximate surface area is 152 Å². The molecule has 2 heterocycles. The summed E-state index contributed by atoms with van der Waals surface area (Å²) in [7, 11) is -3.11. The van der Waals surface area contributed by atoms with Crippen molar-refractivity contribution in [2.45, 2.75) is 32.4 Å². The van der Waals surface area contributed by atoms with E-state index in [4.69, 9.17) is 14.6 Å². The van der Waals surface area contributed by atoms with Crippen molar-refractivity contribution in [2.24, 2.45) is 5.41 Å². The molecule has 0 aliphatic carbocycles. The highest BCUT2D eigenvalue weighted by Crippen LogP contribution is 2.34. The van der Waals surface area contributed by atoms with Crippen LogP contribution in [0.5, 0.6) is 0 Å². The summed E-state index contributed by atoms with van der Waals surface area (Å²) in [5, 5.41) is 7.12. The fourth-order valence-corrected chi connectivity index (χ4v) is 4.02. The second kappa shape index (κ2) is 9.34. The number of hydrogen-bond acceptors (Lipinski definition) is 5. The largest absolute Gasteiger partial charge is 0.490 e. The van der Waals surface area contributed by atoms with Crippen LogP contribution < -0.4 is 0 Å². The highest BCUT2D eigenvalue weighted by atomic mass is 32.2. The van der Waals surface area contributed by atoms with E-state index in [0.29, 0.717) is 26.3 Å². The maximum absolute atomic E-state index is 11.8. The summed E-state index contributed by atoms with van der Waals surface area (Å²) in [6.45, 7) is 7.83. The molecule has 2 fully saturated rings. The maximum atomic E-state index is 11.8. The molecule has 0 atom stereocenters. The van der Waals surface area contributed by atoms with Gasteiger partial charge in [0.1, 0.15) is 0 Å². The van der Waals surface area contributed by atoms with Crippen molar-refractivity contribution in [3.05, 3.63) is 0 Å². The molecule has 154 valence electrons. The van der Waals surface area contributed by atoms with Gasteiger partial charge >= 0.3 is 12.1 Å². The fraction of sp³-hybridized carbons (Fsp3) is 0.933. The van der Waals surface area contributed by atoms with E-state index in [2.05, 4.69) is 11.8 Å². The molecule has 2 aliphatic heterocycles. The van der Waals surface area contributed by atoms with E-state index >= 15 is 0 Å². The summed E-state index contributed by atoms with van der Waals surface area (Å²) in [6.07, 6.45) is -0.519. The number of aliphatic carboxylic acids is 1. The number of ether oxygens (including phenoxy) is 1. The first-order valence-corrected chi connectivity index (χ1v) is 10.3. The van der Waals surface area contributed by atoms with Crippen molar-refractivity contribution in [2.75, 3.05) is 52.2 Å². The number of carbonyl (C=O) groups is 1. The monoisotopic (exact) mass is 404 g/mol. The molecule has 0 bridgehead atoms. The van der Waals surface area contributed by atoms with Gasteiger partial charge in [-0.1, -0.05) is 6.92 Å². The Bertz CT molecular complexity index is 560. The topological polar surface area (TPSA) is 87.2 Å². The van der Waals surface area contributed by atoms with Gasteiger partial charge < -0.3 is 14.7 Å². The van der Waals surface area contributed by atoms with E-state index in [1.807, 2.05) is 0 Å². The lowest BCUT2D eigenvalue weighted by Crippen LogP contribution is -2.48. The molecule has 2 saturated heterocycles. The smallest absolute Gasteiger partial charge is 0.475 e. The number of hydrogen-bond donors (Lipinski definition) is 1. The molecule has 0 aromatic carbocycles. The van der Waals surface area contributed by atoms with E-state index in [9.17, 15) is 21.6 Å². The molecule has 0 aromatic heterocycles. The molecule has 2 aliphatic rings. The number of carboxylic acid groups (broad SMARTS) is 1. The molecule has 0 unspecified atom stereocenters. The summed E-state index contributed by atoms with van der Waals surface area (Å²) in [4.78, 5) is 11.4. The van der Waals surface area contributed by atoms with Gasteiger partial charge in [0.15, 0.2) is 0 Å². The number of halogens is 3. The van der Waals surface area contributed by atoms with Crippen LogP contribution in [0.15, 0.2) is 0 Å². The van der Waals surface area contributed by atoms with E-state index < -0.39 is 22.2 Å². The quantitative estimate of drug-likeness (QED) is 0.765. The Morgan fingerprint density at radius 3 is 2.19 bits per heavy atom. The Hall–Kier alpha value is -0.910. The summed E-state index contributed by atoms with van der Waals surface area (Å²) in [5.41, 5.74) is 0.0316. The van der Waals surface area contributed by atoms with Crippen LogP contribution in [0.1, 0.15) is 26.2 Å². The van der Waals surface area contributed by atoms with Gasteiger partial charge in [-0.2, -0.15) is 17.5 Å². The minimum atomic E-state index is -5.08.